The lowest BCUT2D eigenvalue weighted by molar-refractivity contribution is -0.118. The van der Waals surface area contributed by atoms with Crippen molar-refractivity contribution in [2.24, 2.45) is 5.92 Å². The van der Waals surface area contributed by atoms with E-state index in [0.29, 0.717) is 12.8 Å². The molecule has 0 spiro atoms. The fourth-order valence-corrected chi connectivity index (χ4v) is 3.79. The smallest absolute Gasteiger partial charge is 0.296 e. The first-order valence-corrected chi connectivity index (χ1v) is 8.77. The van der Waals surface area contributed by atoms with Gasteiger partial charge in [-0.25, -0.2) is 4.39 Å². The zero-order valence-electron chi connectivity index (χ0n) is 12.6. The standard InChI is InChI=1S/C16H11ClFN3O3S/c17-8-2-1-3-9(18)10(8)12-11(13(22)7-4-5-7)14(23)15(24)21(12)16-20-19-6-25-16/h1-3,6-7,12,23H,4-5H2. The Hall–Kier alpha value is -2.32. The molecule has 2 aliphatic rings. The van der Waals surface area contributed by atoms with Gasteiger partial charge in [-0.05, 0) is 25.0 Å². The van der Waals surface area contributed by atoms with Gasteiger partial charge >= 0.3 is 0 Å². The molecule has 6 nitrogen and oxygen atoms in total. The van der Waals surface area contributed by atoms with Crippen molar-refractivity contribution in [3.05, 3.63) is 51.4 Å². The Bertz CT molecular complexity index is 891. The topological polar surface area (TPSA) is 83.4 Å². The van der Waals surface area contributed by atoms with Gasteiger partial charge in [0, 0.05) is 16.5 Å². The molecule has 1 unspecified atom stereocenters. The van der Waals surface area contributed by atoms with Crippen LogP contribution in [0.25, 0.3) is 0 Å². The van der Waals surface area contributed by atoms with Crippen LogP contribution in [-0.2, 0) is 9.59 Å². The molecule has 1 aromatic carbocycles. The van der Waals surface area contributed by atoms with E-state index in [0.717, 1.165) is 16.2 Å². The largest absolute Gasteiger partial charge is 0.503 e. The summed E-state index contributed by atoms with van der Waals surface area (Å²) >= 11 is 7.21. The van der Waals surface area contributed by atoms with Crippen molar-refractivity contribution in [2.45, 2.75) is 18.9 Å². The quantitative estimate of drug-likeness (QED) is 0.881. The Morgan fingerprint density at radius 1 is 1.40 bits per heavy atom. The lowest BCUT2D eigenvalue weighted by Crippen LogP contribution is -2.32. The van der Waals surface area contributed by atoms with E-state index < -0.39 is 23.5 Å². The molecule has 128 valence electrons. The van der Waals surface area contributed by atoms with Crippen molar-refractivity contribution in [3.63, 3.8) is 0 Å². The number of hydrogen-bond acceptors (Lipinski definition) is 6. The molecule has 1 amide bonds. The predicted octanol–water partition coefficient (Wildman–Crippen LogP) is 3.21. The van der Waals surface area contributed by atoms with Crippen molar-refractivity contribution in [3.8, 4) is 0 Å². The van der Waals surface area contributed by atoms with Crippen molar-refractivity contribution < 1.29 is 19.1 Å². The Morgan fingerprint density at radius 2 is 2.16 bits per heavy atom. The van der Waals surface area contributed by atoms with Gasteiger partial charge in [0.25, 0.3) is 5.91 Å². The number of carbonyl (C=O) groups excluding carboxylic acids is 2. The highest BCUT2D eigenvalue weighted by Gasteiger charge is 2.49. The van der Waals surface area contributed by atoms with E-state index in [-0.39, 0.29) is 33.0 Å². The first-order valence-electron chi connectivity index (χ1n) is 7.51. The van der Waals surface area contributed by atoms with Gasteiger partial charge in [0.1, 0.15) is 17.4 Å². The van der Waals surface area contributed by atoms with Crippen molar-refractivity contribution in [1.29, 1.82) is 0 Å². The van der Waals surface area contributed by atoms with Crippen LogP contribution in [0.5, 0.6) is 0 Å². The molecule has 1 N–H and O–H groups in total. The minimum atomic E-state index is -1.16. The molecule has 1 saturated carbocycles. The third-order valence-corrected chi connectivity index (χ3v) is 5.27. The molecule has 4 rings (SSSR count). The van der Waals surface area contributed by atoms with Crippen molar-refractivity contribution >= 4 is 39.8 Å². The molecule has 1 aromatic heterocycles. The number of halogens is 2. The number of nitrogens with zero attached hydrogens (tertiary/aromatic N) is 3. The number of Topliss-reactive ketones (excluding diaryl/α,β-unsaturated/α-hetero) is 1. The van der Waals surface area contributed by atoms with Crippen LogP contribution in [0.4, 0.5) is 9.52 Å². The van der Waals surface area contributed by atoms with E-state index in [2.05, 4.69) is 10.2 Å². The molecule has 0 bridgehead atoms. The fourth-order valence-electron chi connectivity index (χ4n) is 2.94. The molecule has 9 heteroatoms. The van der Waals surface area contributed by atoms with Gasteiger partial charge in [0.15, 0.2) is 11.5 Å². The fraction of sp³-hybridized carbons (Fsp3) is 0.250. The first kappa shape index (κ1) is 16.2. The van der Waals surface area contributed by atoms with Crippen molar-refractivity contribution in [2.75, 3.05) is 4.90 Å². The van der Waals surface area contributed by atoms with Crippen LogP contribution < -0.4 is 4.90 Å². The van der Waals surface area contributed by atoms with Gasteiger partial charge in [0.05, 0.1) is 5.57 Å². The maximum absolute atomic E-state index is 14.6. The zero-order valence-corrected chi connectivity index (χ0v) is 14.2. The lowest BCUT2D eigenvalue weighted by Gasteiger charge is -2.25. The van der Waals surface area contributed by atoms with E-state index in [4.69, 9.17) is 11.6 Å². The molecular weight excluding hydrogens is 369 g/mol. The number of hydrogen-bond donors (Lipinski definition) is 1. The summed E-state index contributed by atoms with van der Waals surface area (Å²) in [6.07, 6.45) is 1.36. The molecule has 0 saturated heterocycles. The highest BCUT2D eigenvalue weighted by Crippen LogP contribution is 2.47. The summed E-state index contributed by atoms with van der Waals surface area (Å²) in [5, 5.41) is 18.1. The van der Waals surface area contributed by atoms with E-state index >= 15 is 0 Å². The number of aliphatic hydroxyl groups excluding tert-OH is 1. The van der Waals surface area contributed by atoms with E-state index in [1.807, 2.05) is 0 Å². The van der Waals surface area contributed by atoms with Crippen LogP contribution in [0.15, 0.2) is 35.0 Å². The van der Waals surface area contributed by atoms with Crippen molar-refractivity contribution in [1.82, 2.24) is 10.2 Å². The summed E-state index contributed by atoms with van der Waals surface area (Å²) in [4.78, 5) is 26.4. The Morgan fingerprint density at radius 3 is 2.76 bits per heavy atom. The number of anilines is 1. The van der Waals surface area contributed by atoms with Gasteiger partial charge in [-0.1, -0.05) is 29.0 Å². The lowest BCUT2D eigenvalue weighted by atomic mass is 9.94. The third kappa shape index (κ3) is 2.52. The number of ketones is 1. The Balaban J connectivity index is 1.93. The van der Waals surface area contributed by atoms with Crippen LogP contribution in [0.1, 0.15) is 24.4 Å². The minimum absolute atomic E-state index is 0.0410. The molecule has 0 radical (unpaired) electrons. The molecule has 1 aliphatic heterocycles. The average molecular weight is 380 g/mol. The van der Waals surface area contributed by atoms with Crippen LogP contribution in [-0.4, -0.2) is 27.0 Å². The summed E-state index contributed by atoms with van der Waals surface area (Å²) in [6, 6.07) is 2.93. The van der Waals surface area contributed by atoms with Gasteiger partial charge in [-0.3, -0.25) is 14.5 Å². The van der Waals surface area contributed by atoms with Crippen LogP contribution in [0.2, 0.25) is 5.02 Å². The van der Waals surface area contributed by atoms with Crippen LogP contribution in [0.3, 0.4) is 0 Å². The Labute approximate surface area is 150 Å². The highest BCUT2D eigenvalue weighted by atomic mass is 35.5. The van der Waals surface area contributed by atoms with E-state index in [1.165, 1.54) is 23.7 Å². The monoisotopic (exact) mass is 379 g/mol. The van der Waals surface area contributed by atoms with Gasteiger partial charge in [-0.15, -0.1) is 10.2 Å². The number of aliphatic hydroxyl groups is 1. The number of aromatic nitrogens is 2. The highest BCUT2D eigenvalue weighted by molar-refractivity contribution is 7.13. The molecule has 2 heterocycles. The zero-order chi connectivity index (χ0) is 17.7. The van der Waals surface area contributed by atoms with E-state index in [1.54, 1.807) is 0 Å². The van der Waals surface area contributed by atoms with Gasteiger partial charge < -0.3 is 5.11 Å². The number of rotatable bonds is 4. The summed E-state index contributed by atoms with van der Waals surface area (Å²) in [5.74, 6) is -2.79. The second-order valence-electron chi connectivity index (χ2n) is 5.84. The summed E-state index contributed by atoms with van der Waals surface area (Å²) < 4.78 is 14.6. The molecule has 1 aliphatic carbocycles. The van der Waals surface area contributed by atoms with Crippen LogP contribution >= 0.6 is 22.9 Å². The Kier molecular flexibility index (Phi) is 3.81. The maximum atomic E-state index is 14.6. The second-order valence-corrected chi connectivity index (χ2v) is 7.05. The van der Waals surface area contributed by atoms with Gasteiger partial charge in [0.2, 0.25) is 5.13 Å². The number of benzene rings is 1. The van der Waals surface area contributed by atoms with Gasteiger partial charge in [-0.2, -0.15) is 0 Å². The molecule has 2 aromatic rings. The molecular formula is C16H11ClFN3O3S. The predicted molar refractivity (Wildman–Crippen MR) is 88.9 cm³/mol. The molecule has 25 heavy (non-hydrogen) atoms. The summed E-state index contributed by atoms with van der Waals surface area (Å²) in [6.45, 7) is 0. The summed E-state index contributed by atoms with van der Waals surface area (Å²) in [7, 11) is 0. The first-order chi connectivity index (χ1) is 12.0. The second kappa shape index (κ2) is 5.89. The molecule has 1 atom stereocenters. The number of carbonyl (C=O) groups is 2. The number of amides is 1. The summed E-state index contributed by atoms with van der Waals surface area (Å²) in [5.41, 5.74) is 1.23. The van der Waals surface area contributed by atoms with E-state index in [9.17, 15) is 19.1 Å². The SMILES string of the molecule is O=C(C1=C(O)C(=O)N(c2nncs2)C1c1c(F)cccc1Cl)C1CC1. The normalized spacial score (nSPS) is 20.5. The maximum Gasteiger partial charge on any atom is 0.296 e. The molecule has 1 fully saturated rings. The minimum Gasteiger partial charge on any atom is -0.503 e. The average Bonchev–Trinajstić information content (AvgIpc) is 3.24. The van der Waals surface area contributed by atoms with Crippen LogP contribution in [0, 0.1) is 11.7 Å². The third-order valence-electron chi connectivity index (χ3n) is 4.25.